The molecule has 0 aliphatic heterocycles. The summed E-state index contributed by atoms with van der Waals surface area (Å²) >= 11 is 0. The van der Waals surface area contributed by atoms with Crippen molar-refractivity contribution in [3.8, 4) is 0 Å². The van der Waals surface area contributed by atoms with Crippen LogP contribution in [0.2, 0.25) is 0 Å². The number of ketones is 1. The number of hydrogen-bond acceptors (Lipinski definition) is 3. The molecule has 0 fully saturated rings. The minimum Gasteiger partial charge on any atom is -0.316 e. The normalized spacial score (nSPS) is 12.4. The maximum Gasteiger partial charge on any atom is 0.129 e. The second-order valence-electron chi connectivity index (χ2n) is 4.89. The summed E-state index contributed by atoms with van der Waals surface area (Å²) in [7, 11) is 0. The maximum atomic E-state index is 10.7. The first-order valence-electron chi connectivity index (χ1n) is 6.82. The van der Waals surface area contributed by atoms with Crippen LogP contribution in [0, 0.1) is 5.92 Å². The highest BCUT2D eigenvalue weighted by molar-refractivity contribution is 5.75. The molecular formula is C14H27NO2. The van der Waals surface area contributed by atoms with Crippen molar-refractivity contribution in [3.05, 3.63) is 0 Å². The predicted molar refractivity (Wildman–Crippen MR) is 71.1 cm³/mol. The second-order valence-corrected chi connectivity index (χ2v) is 4.89. The molecular weight excluding hydrogens is 214 g/mol. The first-order chi connectivity index (χ1) is 8.16. The molecule has 0 rings (SSSR count). The smallest absolute Gasteiger partial charge is 0.129 e. The van der Waals surface area contributed by atoms with E-state index in [0.717, 1.165) is 32.2 Å². The third-order valence-corrected chi connectivity index (χ3v) is 2.83. The van der Waals surface area contributed by atoms with Gasteiger partial charge in [-0.2, -0.15) is 0 Å². The maximum absolute atomic E-state index is 10.7. The first-order valence-corrected chi connectivity index (χ1v) is 6.82. The number of hydrogen-bond donors (Lipinski definition) is 1. The van der Waals surface area contributed by atoms with E-state index in [1.165, 1.54) is 32.1 Å². The third-order valence-electron chi connectivity index (χ3n) is 2.83. The Hall–Kier alpha value is -0.700. The van der Waals surface area contributed by atoms with Gasteiger partial charge in [-0.1, -0.05) is 32.6 Å². The van der Waals surface area contributed by atoms with E-state index in [9.17, 15) is 9.59 Å². The summed E-state index contributed by atoms with van der Waals surface area (Å²) in [4.78, 5) is 21.1. The molecule has 0 radical (unpaired) electrons. The van der Waals surface area contributed by atoms with Crippen molar-refractivity contribution in [2.24, 2.45) is 5.92 Å². The monoisotopic (exact) mass is 241 g/mol. The van der Waals surface area contributed by atoms with Crippen molar-refractivity contribution in [3.63, 3.8) is 0 Å². The van der Waals surface area contributed by atoms with E-state index in [0.29, 0.717) is 5.78 Å². The fourth-order valence-electron chi connectivity index (χ4n) is 1.71. The second kappa shape index (κ2) is 11.8. The molecule has 0 spiro atoms. The van der Waals surface area contributed by atoms with Crippen molar-refractivity contribution in [2.75, 3.05) is 13.1 Å². The van der Waals surface area contributed by atoms with Crippen molar-refractivity contribution in [1.29, 1.82) is 0 Å². The fourth-order valence-corrected chi connectivity index (χ4v) is 1.71. The van der Waals surface area contributed by atoms with E-state index in [-0.39, 0.29) is 5.92 Å². The SMILES string of the molecule is CC(=O)CCCCCCCCNCC(C)C=O. The van der Waals surface area contributed by atoms with Crippen molar-refractivity contribution in [2.45, 2.75) is 58.8 Å². The number of carbonyl (C=O) groups is 2. The molecule has 0 aromatic rings. The van der Waals surface area contributed by atoms with Crippen molar-refractivity contribution >= 4 is 12.1 Å². The highest BCUT2D eigenvalue weighted by Gasteiger charge is 1.97. The van der Waals surface area contributed by atoms with E-state index < -0.39 is 0 Å². The Labute approximate surface area is 105 Å². The summed E-state index contributed by atoms with van der Waals surface area (Å²) in [5.41, 5.74) is 0. The van der Waals surface area contributed by atoms with Crippen molar-refractivity contribution < 1.29 is 9.59 Å². The van der Waals surface area contributed by atoms with Gasteiger partial charge >= 0.3 is 0 Å². The number of carbonyl (C=O) groups excluding carboxylic acids is 2. The Morgan fingerprint density at radius 2 is 1.71 bits per heavy atom. The van der Waals surface area contributed by atoms with E-state index in [4.69, 9.17) is 0 Å². The van der Waals surface area contributed by atoms with Crippen LogP contribution in [0.25, 0.3) is 0 Å². The van der Waals surface area contributed by atoms with E-state index in [1.54, 1.807) is 6.92 Å². The van der Waals surface area contributed by atoms with Crippen LogP contribution in [0.15, 0.2) is 0 Å². The average molecular weight is 241 g/mol. The molecule has 0 aliphatic rings. The van der Waals surface area contributed by atoms with Gasteiger partial charge in [-0.25, -0.2) is 0 Å². The Morgan fingerprint density at radius 3 is 2.29 bits per heavy atom. The molecule has 0 aromatic carbocycles. The van der Waals surface area contributed by atoms with Gasteiger partial charge in [0.1, 0.15) is 12.1 Å². The predicted octanol–water partition coefficient (Wildman–Crippen LogP) is 2.73. The number of unbranched alkanes of at least 4 members (excludes halogenated alkanes) is 5. The summed E-state index contributed by atoms with van der Waals surface area (Å²) in [6.07, 6.45) is 8.86. The molecule has 1 atom stereocenters. The van der Waals surface area contributed by atoms with Crippen LogP contribution in [0.4, 0.5) is 0 Å². The minimum atomic E-state index is 0.126. The van der Waals surface area contributed by atoms with Crippen LogP contribution in [-0.2, 0) is 9.59 Å². The zero-order valence-electron chi connectivity index (χ0n) is 11.3. The van der Waals surface area contributed by atoms with E-state index in [2.05, 4.69) is 5.32 Å². The van der Waals surface area contributed by atoms with Crippen LogP contribution in [0.3, 0.4) is 0 Å². The molecule has 0 saturated heterocycles. The Balaban J connectivity index is 3.03. The van der Waals surface area contributed by atoms with E-state index in [1.807, 2.05) is 6.92 Å². The molecule has 0 amide bonds. The van der Waals surface area contributed by atoms with Gasteiger partial charge in [0.2, 0.25) is 0 Å². The lowest BCUT2D eigenvalue weighted by Gasteiger charge is -2.06. The molecule has 0 aliphatic carbocycles. The van der Waals surface area contributed by atoms with Crippen LogP contribution < -0.4 is 5.32 Å². The summed E-state index contributed by atoms with van der Waals surface area (Å²) in [6, 6.07) is 0. The lowest BCUT2D eigenvalue weighted by molar-refractivity contribution is -0.117. The van der Waals surface area contributed by atoms with Gasteiger partial charge in [0.15, 0.2) is 0 Å². The third kappa shape index (κ3) is 13.2. The minimum absolute atomic E-state index is 0.126. The molecule has 3 nitrogen and oxygen atoms in total. The summed E-state index contributed by atoms with van der Waals surface area (Å²) < 4.78 is 0. The topological polar surface area (TPSA) is 46.2 Å². The Kier molecular flexibility index (Phi) is 11.3. The Morgan fingerprint density at radius 1 is 1.12 bits per heavy atom. The van der Waals surface area contributed by atoms with Crippen LogP contribution in [0.1, 0.15) is 58.8 Å². The summed E-state index contributed by atoms with van der Waals surface area (Å²) in [5, 5.41) is 3.28. The molecule has 1 unspecified atom stereocenters. The highest BCUT2D eigenvalue weighted by atomic mass is 16.1. The van der Waals surface area contributed by atoms with Crippen LogP contribution in [-0.4, -0.2) is 25.2 Å². The number of Topliss-reactive ketones (excluding diaryl/α,β-unsaturated/α-hetero) is 1. The van der Waals surface area contributed by atoms with Gasteiger partial charge in [0, 0.05) is 18.9 Å². The molecule has 0 heterocycles. The zero-order valence-corrected chi connectivity index (χ0v) is 11.3. The number of nitrogens with one attached hydrogen (secondary N) is 1. The molecule has 17 heavy (non-hydrogen) atoms. The zero-order chi connectivity index (χ0) is 12.9. The van der Waals surface area contributed by atoms with E-state index >= 15 is 0 Å². The molecule has 0 saturated carbocycles. The van der Waals surface area contributed by atoms with Gasteiger partial charge < -0.3 is 14.9 Å². The van der Waals surface area contributed by atoms with Crippen molar-refractivity contribution in [1.82, 2.24) is 5.32 Å². The first kappa shape index (κ1) is 16.3. The molecule has 3 heteroatoms. The fraction of sp³-hybridized carbons (Fsp3) is 0.857. The van der Waals surface area contributed by atoms with Crippen LogP contribution >= 0.6 is 0 Å². The van der Waals surface area contributed by atoms with Crippen LogP contribution in [0.5, 0.6) is 0 Å². The summed E-state index contributed by atoms with van der Waals surface area (Å²) in [6.45, 7) is 5.38. The van der Waals surface area contributed by atoms with Gasteiger partial charge in [0.05, 0.1) is 0 Å². The largest absolute Gasteiger partial charge is 0.316 e. The van der Waals surface area contributed by atoms with Gasteiger partial charge in [-0.05, 0) is 26.3 Å². The molecule has 0 bridgehead atoms. The lowest BCUT2D eigenvalue weighted by Crippen LogP contribution is -2.22. The lowest BCUT2D eigenvalue weighted by atomic mass is 10.1. The average Bonchev–Trinajstić information content (AvgIpc) is 2.30. The van der Waals surface area contributed by atoms with Gasteiger partial charge in [-0.3, -0.25) is 0 Å². The van der Waals surface area contributed by atoms with Gasteiger partial charge in [0.25, 0.3) is 0 Å². The Bertz CT molecular complexity index is 204. The number of rotatable bonds is 12. The highest BCUT2D eigenvalue weighted by Crippen LogP contribution is 2.07. The summed E-state index contributed by atoms with van der Waals surface area (Å²) in [5.74, 6) is 0.431. The van der Waals surface area contributed by atoms with Gasteiger partial charge in [-0.15, -0.1) is 0 Å². The molecule has 0 aromatic heterocycles. The number of aldehydes is 1. The standard InChI is InChI=1S/C14H27NO2/c1-13(12-16)11-15-10-8-6-4-3-5-7-9-14(2)17/h12-13,15H,3-11H2,1-2H3. The quantitative estimate of drug-likeness (QED) is 0.422. The molecule has 100 valence electrons. The molecule has 1 N–H and O–H groups in total.